The summed E-state index contributed by atoms with van der Waals surface area (Å²) >= 11 is 7.30. The van der Waals surface area contributed by atoms with Gasteiger partial charge in [-0.05, 0) is 39.0 Å². The fourth-order valence-electron chi connectivity index (χ4n) is 5.14. The number of fused-ring (bicyclic) bond motifs is 5. The Morgan fingerprint density at radius 1 is 1.00 bits per heavy atom. The molecule has 1 aromatic carbocycles. The minimum atomic E-state index is -1.06. The van der Waals surface area contributed by atoms with Gasteiger partial charge in [-0.1, -0.05) is 61.7 Å². The zero-order valence-electron chi connectivity index (χ0n) is 16.9. The molecule has 0 unspecified atom stereocenters. The maximum atomic E-state index is 13.1. The number of hydrogen-bond donors (Lipinski definition) is 0. The topological polar surface area (TPSA) is 80.8 Å². The maximum Gasteiger partial charge on any atom is 0.329 e. The second-order valence-corrected chi connectivity index (χ2v) is 10.7. The average Bonchev–Trinajstić information content (AvgIpc) is 3.32. The monoisotopic (exact) mass is 539 g/mol. The molecule has 0 radical (unpaired) electrons. The zero-order chi connectivity index (χ0) is 21.9. The highest BCUT2D eigenvalue weighted by molar-refractivity contribution is 9.12. The molecule has 1 heterocycles. The van der Waals surface area contributed by atoms with Crippen LogP contribution in [0.5, 0.6) is 0 Å². The number of esters is 1. The Labute approximate surface area is 192 Å². The molecule has 2 bridgehead atoms. The van der Waals surface area contributed by atoms with Gasteiger partial charge in [0.1, 0.15) is 6.04 Å². The van der Waals surface area contributed by atoms with Gasteiger partial charge >= 0.3 is 5.97 Å². The highest BCUT2D eigenvalue weighted by Gasteiger charge is 2.67. The van der Waals surface area contributed by atoms with Gasteiger partial charge in [-0.2, -0.15) is 0 Å². The number of halogens is 2. The highest BCUT2D eigenvalue weighted by Crippen LogP contribution is 2.60. The summed E-state index contributed by atoms with van der Waals surface area (Å²) in [6.45, 7) is 4.91. The molecule has 4 rings (SSSR count). The molecule has 8 heteroatoms. The molecule has 3 fully saturated rings. The maximum absolute atomic E-state index is 13.1. The van der Waals surface area contributed by atoms with E-state index in [1.807, 2.05) is 19.1 Å². The van der Waals surface area contributed by atoms with Crippen LogP contribution in [0, 0.1) is 30.6 Å². The standard InChI is InChI=1S/C22H23Br2NO5/c1-9-4-6-12(7-5-9)19(26)11(3)30-22(29)10(2)25-20(27)15-13-8-14(16(15)21(25)28)18(24)17(13)23/h4-7,10-11,13-18H,8H2,1-3H3/t10-,11+,13-,14-,15-,16+,17-,18+/m0/s1. The number of hydrogen-bond acceptors (Lipinski definition) is 5. The minimum Gasteiger partial charge on any atom is -0.453 e. The van der Waals surface area contributed by atoms with E-state index in [0.29, 0.717) is 5.56 Å². The quantitative estimate of drug-likeness (QED) is 0.248. The molecule has 0 aromatic heterocycles. The van der Waals surface area contributed by atoms with E-state index in [2.05, 4.69) is 31.9 Å². The zero-order valence-corrected chi connectivity index (χ0v) is 20.1. The average molecular weight is 541 g/mol. The second kappa shape index (κ2) is 7.86. The largest absolute Gasteiger partial charge is 0.453 e. The number of ketones is 1. The number of alkyl halides is 2. The van der Waals surface area contributed by atoms with Gasteiger partial charge in [-0.25, -0.2) is 4.79 Å². The van der Waals surface area contributed by atoms with E-state index >= 15 is 0 Å². The molecule has 1 aromatic rings. The lowest BCUT2D eigenvalue weighted by atomic mass is 9.81. The van der Waals surface area contributed by atoms with Crippen molar-refractivity contribution in [3.63, 3.8) is 0 Å². The summed E-state index contributed by atoms with van der Waals surface area (Å²) in [6, 6.07) is 5.93. The van der Waals surface area contributed by atoms with Crippen LogP contribution in [0.3, 0.4) is 0 Å². The third kappa shape index (κ3) is 3.27. The Bertz CT molecular complexity index is 885. The molecule has 2 saturated carbocycles. The first-order chi connectivity index (χ1) is 14.1. The van der Waals surface area contributed by atoms with Gasteiger partial charge in [0.2, 0.25) is 17.6 Å². The lowest BCUT2D eigenvalue weighted by Crippen LogP contribution is -2.46. The molecule has 2 aliphatic carbocycles. The van der Waals surface area contributed by atoms with E-state index in [0.717, 1.165) is 16.9 Å². The fraction of sp³-hybridized carbons (Fsp3) is 0.545. The molecular formula is C22H23Br2NO5. The van der Waals surface area contributed by atoms with E-state index in [4.69, 9.17) is 4.74 Å². The first-order valence-electron chi connectivity index (χ1n) is 10.1. The van der Waals surface area contributed by atoms with Crippen LogP contribution >= 0.6 is 31.9 Å². The van der Waals surface area contributed by atoms with Crippen LogP contribution in [0.4, 0.5) is 0 Å². The molecule has 0 N–H and O–H groups in total. The van der Waals surface area contributed by atoms with Crippen LogP contribution in [-0.4, -0.2) is 50.3 Å². The van der Waals surface area contributed by atoms with E-state index in [-0.39, 0.29) is 50.9 Å². The van der Waals surface area contributed by atoms with Crippen molar-refractivity contribution in [3.8, 4) is 0 Å². The summed E-state index contributed by atoms with van der Waals surface area (Å²) in [5.74, 6) is -2.29. The number of imide groups is 1. The van der Waals surface area contributed by atoms with Gasteiger partial charge in [0.05, 0.1) is 11.8 Å². The van der Waals surface area contributed by atoms with Gasteiger partial charge in [0.15, 0.2) is 6.10 Å². The molecule has 1 aliphatic heterocycles. The van der Waals surface area contributed by atoms with Gasteiger partial charge in [-0.15, -0.1) is 0 Å². The van der Waals surface area contributed by atoms with Crippen LogP contribution in [0.2, 0.25) is 0 Å². The molecule has 6 nitrogen and oxygen atoms in total. The van der Waals surface area contributed by atoms with E-state index < -0.39 is 18.1 Å². The Kier molecular flexibility index (Phi) is 5.68. The smallest absolute Gasteiger partial charge is 0.329 e. The highest BCUT2D eigenvalue weighted by atomic mass is 79.9. The lowest BCUT2D eigenvalue weighted by molar-refractivity contribution is -0.160. The van der Waals surface area contributed by atoms with E-state index in [1.54, 1.807) is 12.1 Å². The molecule has 0 spiro atoms. The predicted molar refractivity (Wildman–Crippen MR) is 116 cm³/mol. The summed E-state index contributed by atoms with van der Waals surface area (Å²) in [6.07, 6.45) is -0.182. The molecule has 2 amide bonds. The van der Waals surface area contributed by atoms with E-state index in [1.165, 1.54) is 13.8 Å². The molecule has 160 valence electrons. The van der Waals surface area contributed by atoms with Crippen molar-refractivity contribution >= 4 is 55.4 Å². The van der Waals surface area contributed by atoms with Crippen molar-refractivity contribution in [3.05, 3.63) is 35.4 Å². The van der Waals surface area contributed by atoms with Crippen molar-refractivity contribution in [2.45, 2.75) is 49.0 Å². The SMILES string of the molecule is Cc1ccc(C(=O)[C@@H](C)OC(=O)[C@H](C)N2C(=O)[C@@H]3[C@@H]4C[C@H]([C@H](Br)[C@@H]4Br)[C@@H]3C2=O)cc1. The number of nitrogens with zero attached hydrogens (tertiary/aromatic N) is 1. The van der Waals surface area contributed by atoms with E-state index in [9.17, 15) is 19.2 Å². The van der Waals surface area contributed by atoms with Crippen molar-refractivity contribution in [1.82, 2.24) is 4.90 Å². The van der Waals surface area contributed by atoms with Gasteiger partial charge in [0.25, 0.3) is 0 Å². The second-order valence-electron chi connectivity index (χ2n) is 8.54. The Morgan fingerprint density at radius 2 is 1.50 bits per heavy atom. The number of carbonyl (C=O) groups excluding carboxylic acids is 4. The number of carbonyl (C=O) groups is 4. The van der Waals surface area contributed by atoms with Crippen molar-refractivity contribution < 1.29 is 23.9 Å². The minimum absolute atomic E-state index is 0.0797. The number of rotatable bonds is 5. The van der Waals surface area contributed by atoms with Gasteiger partial charge in [0, 0.05) is 15.2 Å². The summed E-state index contributed by atoms with van der Waals surface area (Å²) in [4.78, 5) is 52.7. The number of benzene rings is 1. The molecular weight excluding hydrogens is 518 g/mol. The van der Waals surface area contributed by atoms with Gasteiger partial charge < -0.3 is 4.74 Å². The molecule has 3 aliphatic rings. The Morgan fingerprint density at radius 3 is 2.00 bits per heavy atom. The van der Waals surface area contributed by atoms with Gasteiger partial charge in [-0.3, -0.25) is 19.3 Å². The Hall–Kier alpha value is -1.54. The van der Waals surface area contributed by atoms with Crippen molar-refractivity contribution in [1.29, 1.82) is 0 Å². The first kappa shape index (κ1) is 21.7. The lowest BCUT2D eigenvalue weighted by Gasteiger charge is -2.28. The van der Waals surface area contributed by atoms with Crippen LogP contribution in [0.15, 0.2) is 24.3 Å². The van der Waals surface area contributed by atoms with Crippen LogP contribution < -0.4 is 0 Å². The number of Topliss-reactive ketones (excluding diaryl/α,β-unsaturated/α-hetero) is 1. The van der Waals surface area contributed by atoms with Crippen molar-refractivity contribution in [2.75, 3.05) is 0 Å². The number of ether oxygens (including phenoxy) is 1. The first-order valence-corrected chi connectivity index (χ1v) is 11.9. The number of likely N-dealkylation sites (tertiary alicyclic amines) is 1. The van der Waals surface area contributed by atoms with Crippen LogP contribution in [0.1, 0.15) is 36.2 Å². The molecule has 8 atom stereocenters. The predicted octanol–water partition coefficient (Wildman–Crippen LogP) is 3.28. The Balaban J connectivity index is 1.45. The summed E-state index contributed by atoms with van der Waals surface area (Å²) in [7, 11) is 0. The molecule has 1 saturated heterocycles. The fourth-order valence-corrected chi connectivity index (χ4v) is 7.01. The summed E-state index contributed by atoms with van der Waals surface area (Å²) in [5.41, 5.74) is 1.46. The van der Waals surface area contributed by atoms with Crippen LogP contribution in [0.25, 0.3) is 0 Å². The summed E-state index contributed by atoms with van der Waals surface area (Å²) < 4.78 is 5.35. The van der Waals surface area contributed by atoms with Crippen molar-refractivity contribution in [2.24, 2.45) is 23.7 Å². The normalized spacial score (nSPS) is 34.1. The third-order valence-corrected chi connectivity index (χ3v) is 9.95. The number of aryl methyl sites for hydroxylation is 1. The summed E-state index contributed by atoms with van der Waals surface area (Å²) in [5, 5.41) is 0. The third-order valence-electron chi connectivity index (χ3n) is 6.75. The molecule has 30 heavy (non-hydrogen) atoms. The van der Waals surface area contributed by atoms with Crippen LogP contribution in [-0.2, 0) is 19.1 Å². The number of amides is 2.